The van der Waals surface area contributed by atoms with Crippen molar-refractivity contribution in [3.8, 4) is 0 Å². The van der Waals surface area contributed by atoms with E-state index >= 15 is 0 Å². The Bertz CT molecular complexity index is 404. The zero-order chi connectivity index (χ0) is 13.0. The second kappa shape index (κ2) is 6.65. The van der Waals surface area contributed by atoms with E-state index in [2.05, 4.69) is 21.2 Å². The molecule has 0 aromatic carbocycles. The predicted molar refractivity (Wildman–Crippen MR) is 73.8 cm³/mol. The Morgan fingerprint density at radius 2 is 2.61 bits per heavy atom. The molecule has 100 valence electrons. The van der Waals surface area contributed by atoms with Crippen LogP contribution in [-0.2, 0) is 14.3 Å². The number of carbonyl (C=O) groups is 1. The second-order valence-corrected chi connectivity index (χ2v) is 5.93. The molecule has 2 rings (SSSR count). The lowest BCUT2D eigenvalue weighted by molar-refractivity contribution is -0.143. The Morgan fingerprint density at radius 1 is 1.78 bits per heavy atom. The van der Waals surface area contributed by atoms with Crippen molar-refractivity contribution in [2.45, 2.75) is 25.0 Å². The van der Waals surface area contributed by atoms with E-state index in [9.17, 15) is 4.79 Å². The summed E-state index contributed by atoms with van der Waals surface area (Å²) < 4.78 is 11.3. The van der Waals surface area contributed by atoms with E-state index in [1.54, 1.807) is 0 Å². The van der Waals surface area contributed by atoms with E-state index in [0.29, 0.717) is 6.54 Å². The van der Waals surface area contributed by atoms with Gasteiger partial charge in [-0.1, -0.05) is 0 Å². The minimum atomic E-state index is -0.423. The van der Waals surface area contributed by atoms with Crippen LogP contribution < -0.4 is 5.32 Å². The molecule has 1 aromatic heterocycles. The van der Waals surface area contributed by atoms with Gasteiger partial charge < -0.3 is 9.47 Å². The summed E-state index contributed by atoms with van der Waals surface area (Å²) in [4.78, 5) is 12.8. The molecule has 6 heteroatoms. The molecule has 18 heavy (non-hydrogen) atoms. The van der Waals surface area contributed by atoms with Gasteiger partial charge >= 0.3 is 5.97 Å². The molecule has 0 saturated carbocycles. The number of carbonyl (C=O) groups excluding carboxylic acids is 1. The summed E-state index contributed by atoms with van der Waals surface area (Å²) in [7, 11) is 1.41. The molecule has 4 nitrogen and oxygen atoms in total. The van der Waals surface area contributed by atoms with Crippen molar-refractivity contribution in [1.29, 1.82) is 0 Å². The maximum absolute atomic E-state index is 11.8. The number of hydrogen-bond acceptors (Lipinski definition) is 5. The smallest absolute Gasteiger partial charge is 0.328 e. The van der Waals surface area contributed by atoms with Crippen LogP contribution in [0.2, 0.25) is 0 Å². The van der Waals surface area contributed by atoms with Crippen LogP contribution in [0.25, 0.3) is 0 Å². The number of hydrogen-bond donors (Lipinski definition) is 1. The largest absolute Gasteiger partial charge is 0.468 e. The van der Waals surface area contributed by atoms with Gasteiger partial charge in [-0.25, -0.2) is 4.79 Å². The zero-order valence-electron chi connectivity index (χ0n) is 10.1. The summed E-state index contributed by atoms with van der Waals surface area (Å²) >= 11 is 4.98. The van der Waals surface area contributed by atoms with Gasteiger partial charge in [0.15, 0.2) is 0 Å². The van der Waals surface area contributed by atoms with Crippen molar-refractivity contribution in [3.63, 3.8) is 0 Å². The van der Waals surface area contributed by atoms with Crippen LogP contribution in [0.5, 0.6) is 0 Å². The van der Waals surface area contributed by atoms with Gasteiger partial charge in [0.05, 0.1) is 13.2 Å². The number of rotatable bonds is 5. The predicted octanol–water partition coefficient (Wildman–Crippen LogP) is 2.49. The zero-order valence-corrected chi connectivity index (χ0v) is 12.6. The first kappa shape index (κ1) is 14.0. The highest BCUT2D eigenvalue weighted by molar-refractivity contribution is 9.10. The van der Waals surface area contributed by atoms with E-state index in [0.717, 1.165) is 28.8 Å². The first-order valence-corrected chi connectivity index (χ1v) is 7.55. The third-order valence-corrected chi connectivity index (χ3v) is 4.85. The first-order valence-electron chi connectivity index (χ1n) is 5.88. The maximum atomic E-state index is 11.8. The molecule has 2 heterocycles. The molecule has 1 aliphatic rings. The van der Waals surface area contributed by atoms with Crippen molar-refractivity contribution in [2.24, 2.45) is 0 Å². The number of nitrogens with one attached hydrogen (secondary N) is 1. The number of ether oxygens (including phenoxy) is 2. The first-order chi connectivity index (χ1) is 8.72. The molecule has 1 aromatic rings. The molecule has 1 aliphatic heterocycles. The maximum Gasteiger partial charge on any atom is 0.328 e. The number of methoxy groups -OCH3 is 1. The Kier molecular flexibility index (Phi) is 5.17. The Hall–Kier alpha value is -0.430. The summed E-state index contributed by atoms with van der Waals surface area (Å²) in [5.41, 5.74) is 0. The summed E-state index contributed by atoms with van der Waals surface area (Å²) in [5, 5.41) is 5.18. The fourth-order valence-corrected chi connectivity index (χ4v) is 3.63. The number of thiophene rings is 1. The standard InChI is InChI=1S/C12H16BrNO3S/c1-16-12(15)10(11-9(13)4-6-18-11)14-7-8-3-2-5-17-8/h4,6,8,10,14H,2-3,5,7H2,1H3. The molecule has 1 fully saturated rings. The van der Waals surface area contributed by atoms with Crippen molar-refractivity contribution in [2.75, 3.05) is 20.3 Å². The van der Waals surface area contributed by atoms with Gasteiger partial charge in [0.2, 0.25) is 0 Å². The quantitative estimate of drug-likeness (QED) is 0.841. The molecule has 2 atom stereocenters. The second-order valence-electron chi connectivity index (χ2n) is 4.13. The van der Waals surface area contributed by atoms with Crippen molar-refractivity contribution in [1.82, 2.24) is 5.32 Å². The van der Waals surface area contributed by atoms with Crippen LogP contribution in [0.4, 0.5) is 0 Å². The van der Waals surface area contributed by atoms with E-state index < -0.39 is 6.04 Å². The number of esters is 1. The lowest BCUT2D eigenvalue weighted by atomic mass is 10.2. The highest BCUT2D eigenvalue weighted by atomic mass is 79.9. The Morgan fingerprint density at radius 3 is 3.17 bits per heavy atom. The lowest BCUT2D eigenvalue weighted by Gasteiger charge is -2.18. The van der Waals surface area contributed by atoms with Gasteiger partial charge in [0, 0.05) is 22.5 Å². The van der Waals surface area contributed by atoms with Crippen LogP contribution >= 0.6 is 27.3 Å². The third-order valence-electron chi connectivity index (χ3n) is 2.92. The lowest BCUT2D eigenvalue weighted by Crippen LogP contribution is -2.34. The fourth-order valence-electron chi connectivity index (χ4n) is 1.97. The summed E-state index contributed by atoms with van der Waals surface area (Å²) in [5.74, 6) is -0.267. The molecule has 0 bridgehead atoms. The average Bonchev–Trinajstić information content (AvgIpc) is 3.01. The minimum absolute atomic E-state index is 0.205. The van der Waals surface area contributed by atoms with Crippen molar-refractivity contribution < 1.29 is 14.3 Å². The van der Waals surface area contributed by atoms with E-state index in [4.69, 9.17) is 9.47 Å². The van der Waals surface area contributed by atoms with Crippen LogP contribution in [0.1, 0.15) is 23.8 Å². The third kappa shape index (κ3) is 3.32. The Labute approximate surface area is 119 Å². The van der Waals surface area contributed by atoms with Crippen LogP contribution in [0.15, 0.2) is 15.9 Å². The molecule has 2 unspecified atom stereocenters. The molecule has 0 radical (unpaired) electrons. The highest BCUT2D eigenvalue weighted by Gasteiger charge is 2.26. The number of halogens is 1. The van der Waals surface area contributed by atoms with Crippen LogP contribution in [-0.4, -0.2) is 32.3 Å². The summed E-state index contributed by atoms with van der Waals surface area (Å²) in [6.07, 6.45) is 2.35. The summed E-state index contributed by atoms with van der Waals surface area (Å²) in [6, 6.07) is 1.51. The van der Waals surface area contributed by atoms with Crippen molar-refractivity contribution in [3.05, 3.63) is 20.8 Å². The van der Waals surface area contributed by atoms with Crippen molar-refractivity contribution >= 4 is 33.2 Å². The average molecular weight is 334 g/mol. The SMILES string of the molecule is COC(=O)C(NCC1CCCO1)c1sccc1Br. The van der Waals surface area contributed by atoms with Gasteiger partial charge in [0.25, 0.3) is 0 Å². The van der Waals surface area contributed by atoms with Gasteiger partial charge in [0.1, 0.15) is 6.04 Å². The summed E-state index contributed by atoms with van der Waals surface area (Å²) in [6.45, 7) is 1.49. The van der Waals surface area contributed by atoms with Gasteiger partial charge in [-0.05, 0) is 40.2 Å². The molecular weight excluding hydrogens is 318 g/mol. The molecule has 1 saturated heterocycles. The molecule has 1 N–H and O–H groups in total. The van der Waals surface area contributed by atoms with Gasteiger partial charge in [-0.15, -0.1) is 11.3 Å². The normalized spacial score (nSPS) is 20.9. The van der Waals surface area contributed by atoms with Gasteiger partial charge in [-0.2, -0.15) is 0 Å². The minimum Gasteiger partial charge on any atom is -0.468 e. The molecular formula is C12H16BrNO3S. The van der Waals surface area contributed by atoms with Crippen LogP contribution in [0.3, 0.4) is 0 Å². The highest BCUT2D eigenvalue weighted by Crippen LogP contribution is 2.30. The van der Waals surface area contributed by atoms with E-state index in [1.165, 1.54) is 18.4 Å². The van der Waals surface area contributed by atoms with E-state index in [1.807, 2.05) is 11.4 Å². The van der Waals surface area contributed by atoms with E-state index in [-0.39, 0.29) is 12.1 Å². The molecule has 0 spiro atoms. The fraction of sp³-hybridized carbons (Fsp3) is 0.583. The Balaban J connectivity index is 2.01. The monoisotopic (exact) mass is 333 g/mol. The van der Waals surface area contributed by atoms with Gasteiger partial charge in [-0.3, -0.25) is 5.32 Å². The molecule has 0 aliphatic carbocycles. The topological polar surface area (TPSA) is 47.6 Å². The molecule has 0 amide bonds. The van der Waals surface area contributed by atoms with Crippen LogP contribution in [0, 0.1) is 0 Å².